The third-order valence-electron chi connectivity index (χ3n) is 7.34. The van der Waals surface area contributed by atoms with Crippen LogP contribution in [0.3, 0.4) is 0 Å². The van der Waals surface area contributed by atoms with Crippen molar-refractivity contribution in [3.8, 4) is 11.1 Å². The maximum absolute atomic E-state index is 2.51. The summed E-state index contributed by atoms with van der Waals surface area (Å²) in [6.07, 6.45) is 8.20. The van der Waals surface area contributed by atoms with E-state index in [2.05, 4.69) is 96.2 Å². The predicted molar refractivity (Wildman–Crippen MR) is 129 cm³/mol. The Hall–Kier alpha value is -1.86. The van der Waals surface area contributed by atoms with Crippen LogP contribution in [0.25, 0.3) is 11.1 Å². The third kappa shape index (κ3) is 3.19. The highest BCUT2D eigenvalue weighted by atomic mass is 28.2. The quantitative estimate of drug-likeness (QED) is 0.476. The van der Waals surface area contributed by atoms with Crippen LogP contribution in [-0.4, -0.2) is 9.52 Å². The molecule has 1 saturated heterocycles. The molecule has 2 atom stereocenters. The van der Waals surface area contributed by atoms with Gasteiger partial charge in [0.05, 0.1) is 0 Å². The molecule has 1 aliphatic heterocycles. The van der Waals surface area contributed by atoms with Crippen molar-refractivity contribution < 1.29 is 0 Å². The highest BCUT2D eigenvalue weighted by molar-refractivity contribution is 6.55. The van der Waals surface area contributed by atoms with Gasteiger partial charge in [-0.3, -0.25) is 0 Å². The summed E-state index contributed by atoms with van der Waals surface area (Å²) in [5.74, 6) is 0.626. The van der Waals surface area contributed by atoms with Gasteiger partial charge in [0.25, 0.3) is 0 Å². The van der Waals surface area contributed by atoms with Crippen LogP contribution in [0.15, 0.2) is 60.2 Å². The van der Waals surface area contributed by atoms with Crippen LogP contribution in [0.4, 0.5) is 0 Å². The average Bonchev–Trinajstić information content (AvgIpc) is 3.11. The molecule has 1 heterocycles. The molecule has 0 saturated carbocycles. The minimum atomic E-state index is -0.0256. The van der Waals surface area contributed by atoms with E-state index in [1.165, 1.54) is 28.7 Å². The van der Waals surface area contributed by atoms with Crippen molar-refractivity contribution in [3.63, 3.8) is 0 Å². The summed E-state index contributed by atoms with van der Waals surface area (Å²) >= 11 is 0. The van der Waals surface area contributed by atoms with Gasteiger partial charge in [0.15, 0.2) is 0 Å². The summed E-state index contributed by atoms with van der Waals surface area (Å²) in [5, 5.41) is 0. The van der Waals surface area contributed by atoms with Crippen molar-refractivity contribution in [3.05, 3.63) is 82.5 Å². The van der Waals surface area contributed by atoms with Gasteiger partial charge < -0.3 is 0 Å². The molecule has 150 valence electrons. The Morgan fingerprint density at radius 1 is 0.793 bits per heavy atom. The molecule has 2 aromatic rings. The van der Waals surface area contributed by atoms with Gasteiger partial charge in [-0.2, -0.15) is 0 Å². The number of benzene rings is 2. The molecule has 0 nitrogen and oxygen atoms in total. The van der Waals surface area contributed by atoms with Gasteiger partial charge in [-0.05, 0) is 61.7 Å². The van der Waals surface area contributed by atoms with Crippen molar-refractivity contribution in [2.45, 2.75) is 75.8 Å². The Balaban J connectivity index is 1.62. The van der Waals surface area contributed by atoms with E-state index in [1.54, 1.807) is 16.7 Å². The minimum absolute atomic E-state index is 0.0256. The van der Waals surface area contributed by atoms with Gasteiger partial charge >= 0.3 is 0 Å². The van der Waals surface area contributed by atoms with Crippen LogP contribution in [0, 0.1) is 0 Å². The molecule has 0 radical (unpaired) electrons. The SMILES string of the molecule is CC(C)(C)c1ccc2c(c1)-c1cc(C(C)(C)C)ccc1C2C1[SiH2]C1C1=CC=CC1. The van der Waals surface area contributed by atoms with Gasteiger partial charge in [-0.25, -0.2) is 0 Å². The van der Waals surface area contributed by atoms with Crippen LogP contribution in [-0.2, 0) is 10.8 Å². The molecule has 3 aliphatic rings. The van der Waals surface area contributed by atoms with Gasteiger partial charge in [-0.15, -0.1) is 0 Å². The summed E-state index contributed by atoms with van der Waals surface area (Å²) in [4.78, 5) is 0. The largest absolute Gasteiger partial charge is 0.0805 e. The Labute approximate surface area is 179 Å². The van der Waals surface area contributed by atoms with Crippen LogP contribution in [0.5, 0.6) is 0 Å². The number of hydrogen-bond donors (Lipinski definition) is 0. The lowest BCUT2D eigenvalue weighted by atomic mass is 9.83. The molecule has 0 amide bonds. The van der Waals surface area contributed by atoms with Gasteiger partial charge in [0.2, 0.25) is 0 Å². The average molecular weight is 399 g/mol. The molecular weight excluding hydrogens is 364 g/mol. The summed E-state index contributed by atoms with van der Waals surface area (Å²) in [5.41, 5.74) is 13.1. The van der Waals surface area contributed by atoms with E-state index in [1.807, 2.05) is 0 Å². The number of allylic oxidation sites excluding steroid dienone is 4. The van der Waals surface area contributed by atoms with Crippen molar-refractivity contribution in [2.24, 2.45) is 0 Å². The fourth-order valence-electron chi connectivity index (χ4n) is 5.43. The summed E-state index contributed by atoms with van der Waals surface area (Å²) in [6, 6.07) is 14.8. The first kappa shape index (κ1) is 19.1. The lowest BCUT2D eigenvalue weighted by molar-refractivity contribution is 0.589. The van der Waals surface area contributed by atoms with E-state index in [0.717, 1.165) is 11.1 Å². The monoisotopic (exact) mass is 398 g/mol. The fraction of sp³-hybridized carbons (Fsp3) is 0.429. The zero-order valence-corrected chi connectivity index (χ0v) is 20.3. The molecule has 0 aromatic heterocycles. The molecule has 2 aromatic carbocycles. The standard InChI is InChI=1S/C28H34Si/c1-27(2,3)18-11-13-20-22(15-18)23-16-19(28(4,5)6)12-14-21(23)24(20)26-25(29-26)17-9-7-8-10-17/h7-9,11-16,24-26H,10,29H2,1-6H3. The molecule has 5 rings (SSSR count). The first-order valence-corrected chi connectivity index (χ1v) is 12.9. The molecule has 1 fully saturated rings. The lowest BCUT2D eigenvalue weighted by Gasteiger charge is -2.21. The minimum Gasteiger partial charge on any atom is -0.0805 e. The third-order valence-corrected chi connectivity index (χ3v) is 9.83. The molecule has 29 heavy (non-hydrogen) atoms. The molecular formula is C28H34Si. The molecule has 0 bridgehead atoms. The second-order valence-electron chi connectivity index (χ2n) is 11.5. The zero-order chi connectivity index (χ0) is 20.6. The van der Waals surface area contributed by atoms with Crippen molar-refractivity contribution in [1.29, 1.82) is 0 Å². The molecule has 0 spiro atoms. The molecule has 2 unspecified atom stereocenters. The molecule has 2 aliphatic carbocycles. The van der Waals surface area contributed by atoms with Crippen LogP contribution in [0.1, 0.15) is 76.1 Å². The number of hydrogen-bond acceptors (Lipinski definition) is 0. The smallest absolute Gasteiger partial charge is 0.0330 e. The van der Waals surface area contributed by atoms with Gasteiger partial charge in [0, 0.05) is 15.4 Å². The van der Waals surface area contributed by atoms with Crippen LogP contribution >= 0.6 is 0 Å². The van der Waals surface area contributed by atoms with Crippen LogP contribution < -0.4 is 0 Å². The summed E-state index contributed by atoms with van der Waals surface area (Å²) in [6.45, 7) is 14.0. The van der Waals surface area contributed by atoms with Crippen molar-refractivity contribution >= 4 is 9.52 Å². The maximum atomic E-state index is 2.51. The Kier molecular flexibility index (Phi) is 4.16. The molecule has 0 N–H and O–H groups in total. The maximum Gasteiger partial charge on any atom is 0.0330 e. The topological polar surface area (TPSA) is 0 Å². The van der Waals surface area contributed by atoms with E-state index in [9.17, 15) is 0 Å². The summed E-state index contributed by atoms with van der Waals surface area (Å²) < 4.78 is 0. The summed E-state index contributed by atoms with van der Waals surface area (Å²) in [7, 11) is -0.0256. The Bertz CT molecular complexity index is 975. The van der Waals surface area contributed by atoms with E-state index >= 15 is 0 Å². The lowest BCUT2D eigenvalue weighted by Crippen LogP contribution is -2.11. The van der Waals surface area contributed by atoms with Crippen molar-refractivity contribution in [2.75, 3.05) is 0 Å². The van der Waals surface area contributed by atoms with E-state index in [-0.39, 0.29) is 20.3 Å². The second-order valence-corrected chi connectivity index (χ2v) is 13.8. The predicted octanol–water partition coefficient (Wildman–Crippen LogP) is 7.04. The second kappa shape index (κ2) is 6.32. The number of rotatable bonds is 2. The number of fused-ring (bicyclic) bond motifs is 3. The normalized spacial score (nSPS) is 24.0. The van der Waals surface area contributed by atoms with E-state index in [4.69, 9.17) is 0 Å². The van der Waals surface area contributed by atoms with Gasteiger partial charge in [-0.1, -0.05) is 102 Å². The molecule has 1 heteroatoms. The highest BCUT2D eigenvalue weighted by Crippen LogP contribution is 2.63. The Morgan fingerprint density at radius 3 is 1.79 bits per heavy atom. The van der Waals surface area contributed by atoms with Crippen molar-refractivity contribution in [1.82, 2.24) is 0 Å². The van der Waals surface area contributed by atoms with Gasteiger partial charge in [0.1, 0.15) is 0 Å². The first-order chi connectivity index (χ1) is 13.6. The van der Waals surface area contributed by atoms with E-state index < -0.39 is 0 Å². The first-order valence-electron chi connectivity index (χ1n) is 11.3. The Morgan fingerprint density at radius 2 is 1.34 bits per heavy atom. The highest BCUT2D eigenvalue weighted by Gasteiger charge is 2.49. The zero-order valence-electron chi connectivity index (χ0n) is 18.8. The fourth-order valence-corrected chi connectivity index (χ4v) is 7.82. The van der Waals surface area contributed by atoms with Crippen LogP contribution in [0.2, 0.25) is 11.1 Å². The van der Waals surface area contributed by atoms with E-state index in [0.29, 0.717) is 5.92 Å².